The van der Waals surface area contributed by atoms with Crippen LogP contribution in [-0.2, 0) is 19.0 Å². The first-order valence-corrected chi connectivity index (χ1v) is 6.45. The summed E-state index contributed by atoms with van der Waals surface area (Å²) in [7, 11) is 3.09. The number of rotatable bonds is 9. The molecule has 5 heteroatoms. The highest BCUT2D eigenvalue weighted by Crippen LogP contribution is 2.19. The first-order valence-electron chi connectivity index (χ1n) is 6.45. The maximum atomic E-state index is 11.5. The van der Waals surface area contributed by atoms with Crippen molar-refractivity contribution in [2.45, 2.75) is 50.8 Å². The Bertz CT molecular complexity index is 264. The standard InChI is InChI=1S/C13H25NO4/c1-13(2,17-4)7-8-18-9-11(12(15)16-3)14-10-5-6-10/h10-11,14H,5-9H2,1-4H3. The molecule has 18 heavy (non-hydrogen) atoms. The van der Waals surface area contributed by atoms with Gasteiger partial charge in [0, 0.05) is 19.8 Å². The molecular weight excluding hydrogens is 234 g/mol. The number of nitrogens with one attached hydrogen (secondary N) is 1. The van der Waals surface area contributed by atoms with Crippen LogP contribution in [0.3, 0.4) is 0 Å². The molecule has 0 aliphatic heterocycles. The van der Waals surface area contributed by atoms with Gasteiger partial charge in [-0.1, -0.05) is 0 Å². The summed E-state index contributed by atoms with van der Waals surface area (Å²) < 4.78 is 15.6. The summed E-state index contributed by atoms with van der Waals surface area (Å²) in [6.07, 6.45) is 3.05. The molecule has 0 aromatic rings. The number of ether oxygens (including phenoxy) is 3. The van der Waals surface area contributed by atoms with Crippen LogP contribution in [0.5, 0.6) is 0 Å². The Morgan fingerprint density at radius 2 is 2.06 bits per heavy atom. The lowest BCUT2D eigenvalue weighted by atomic mass is 10.1. The Morgan fingerprint density at radius 1 is 1.39 bits per heavy atom. The largest absolute Gasteiger partial charge is 0.468 e. The molecule has 1 aliphatic rings. The number of carbonyl (C=O) groups excluding carboxylic acids is 1. The highest BCUT2D eigenvalue weighted by molar-refractivity contribution is 5.75. The van der Waals surface area contributed by atoms with Crippen LogP contribution in [0.1, 0.15) is 33.1 Å². The van der Waals surface area contributed by atoms with Gasteiger partial charge in [0.15, 0.2) is 0 Å². The Kier molecular flexibility index (Phi) is 6.05. The van der Waals surface area contributed by atoms with Gasteiger partial charge in [-0.25, -0.2) is 0 Å². The van der Waals surface area contributed by atoms with Crippen molar-refractivity contribution in [3.8, 4) is 0 Å². The lowest BCUT2D eigenvalue weighted by Crippen LogP contribution is -2.42. The number of esters is 1. The molecule has 0 aromatic carbocycles. The maximum Gasteiger partial charge on any atom is 0.325 e. The Morgan fingerprint density at radius 3 is 2.56 bits per heavy atom. The summed E-state index contributed by atoms with van der Waals surface area (Å²) in [5, 5.41) is 3.22. The van der Waals surface area contributed by atoms with Crippen molar-refractivity contribution < 1.29 is 19.0 Å². The Labute approximate surface area is 109 Å². The van der Waals surface area contributed by atoms with E-state index >= 15 is 0 Å². The zero-order chi connectivity index (χ0) is 13.6. The second-order valence-corrected chi connectivity index (χ2v) is 5.31. The summed E-state index contributed by atoms with van der Waals surface area (Å²) in [6.45, 7) is 4.94. The van der Waals surface area contributed by atoms with Gasteiger partial charge in [0.2, 0.25) is 0 Å². The van der Waals surface area contributed by atoms with E-state index in [9.17, 15) is 4.79 Å². The van der Waals surface area contributed by atoms with Gasteiger partial charge < -0.3 is 14.2 Å². The molecule has 0 bridgehead atoms. The van der Waals surface area contributed by atoms with Crippen molar-refractivity contribution in [3.05, 3.63) is 0 Å². The predicted octanol–water partition coefficient (Wildman–Crippen LogP) is 1.11. The molecule has 1 rings (SSSR count). The molecular formula is C13H25NO4. The van der Waals surface area contributed by atoms with Crippen LogP contribution < -0.4 is 5.32 Å². The quantitative estimate of drug-likeness (QED) is 0.496. The average Bonchev–Trinajstić information content (AvgIpc) is 3.16. The molecule has 0 heterocycles. The molecule has 1 N–H and O–H groups in total. The lowest BCUT2D eigenvalue weighted by molar-refractivity contribution is -0.145. The molecule has 1 aliphatic carbocycles. The number of hydrogen-bond donors (Lipinski definition) is 1. The fourth-order valence-corrected chi connectivity index (χ4v) is 1.48. The zero-order valence-corrected chi connectivity index (χ0v) is 11.8. The second-order valence-electron chi connectivity index (χ2n) is 5.31. The van der Waals surface area contributed by atoms with Crippen LogP contribution in [-0.4, -0.2) is 51.1 Å². The van der Waals surface area contributed by atoms with Crippen LogP contribution in [0, 0.1) is 0 Å². The van der Waals surface area contributed by atoms with E-state index in [4.69, 9.17) is 14.2 Å². The summed E-state index contributed by atoms with van der Waals surface area (Å²) in [6, 6.07) is 0.0984. The summed E-state index contributed by atoms with van der Waals surface area (Å²) >= 11 is 0. The fourth-order valence-electron chi connectivity index (χ4n) is 1.48. The van der Waals surface area contributed by atoms with E-state index in [0.717, 1.165) is 19.3 Å². The summed E-state index contributed by atoms with van der Waals surface area (Å²) in [5.41, 5.74) is -0.190. The zero-order valence-electron chi connectivity index (χ0n) is 11.8. The van der Waals surface area contributed by atoms with Crippen molar-refractivity contribution in [1.82, 2.24) is 5.32 Å². The van der Waals surface area contributed by atoms with Gasteiger partial charge in [-0.2, -0.15) is 0 Å². The number of carbonyl (C=O) groups is 1. The third-order valence-corrected chi connectivity index (χ3v) is 3.19. The van der Waals surface area contributed by atoms with E-state index in [1.165, 1.54) is 7.11 Å². The SMILES string of the molecule is COC(=O)C(COCCC(C)(C)OC)NC1CC1. The van der Waals surface area contributed by atoms with Crippen molar-refractivity contribution in [2.75, 3.05) is 27.4 Å². The van der Waals surface area contributed by atoms with Gasteiger partial charge in [-0.05, 0) is 33.1 Å². The van der Waals surface area contributed by atoms with Crippen LogP contribution in [0.2, 0.25) is 0 Å². The van der Waals surface area contributed by atoms with Gasteiger partial charge >= 0.3 is 5.97 Å². The summed E-state index contributed by atoms with van der Waals surface area (Å²) in [5.74, 6) is -0.257. The van der Waals surface area contributed by atoms with Crippen LogP contribution in [0.4, 0.5) is 0 Å². The van der Waals surface area contributed by atoms with Gasteiger partial charge in [0.05, 0.1) is 19.3 Å². The van der Waals surface area contributed by atoms with Crippen LogP contribution in [0.15, 0.2) is 0 Å². The highest BCUT2D eigenvalue weighted by Gasteiger charge is 2.29. The van der Waals surface area contributed by atoms with Gasteiger partial charge in [0.1, 0.15) is 6.04 Å². The minimum atomic E-state index is -0.354. The highest BCUT2D eigenvalue weighted by atomic mass is 16.5. The average molecular weight is 259 g/mol. The van der Waals surface area contributed by atoms with Crippen molar-refractivity contribution in [3.63, 3.8) is 0 Å². The molecule has 5 nitrogen and oxygen atoms in total. The van der Waals surface area contributed by atoms with Crippen LogP contribution >= 0.6 is 0 Å². The molecule has 1 atom stereocenters. The number of methoxy groups -OCH3 is 2. The molecule has 0 saturated heterocycles. The van der Waals surface area contributed by atoms with E-state index in [-0.39, 0.29) is 17.6 Å². The van der Waals surface area contributed by atoms with Crippen molar-refractivity contribution in [2.24, 2.45) is 0 Å². The normalized spacial score (nSPS) is 17.6. The smallest absolute Gasteiger partial charge is 0.325 e. The van der Waals surface area contributed by atoms with E-state index in [0.29, 0.717) is 19.3 Å². The summed E-state index contributed by atoms with van der Waals surface area (Å²) in [4.78, 5) is 11.5. The molecule has 1 unspecified atom stereocenters. The third-order valence-electron chi connectivity index (χ3n) is 3.19. The lowest BCUT2D eigenvalue weighted by Gasteiger charge is -2.23. The third kappa shape index (κ3) is 5.80. The first-order chi connectivity index (χ1) is 8.48. The predicted molar refractivity (Wildman–Crippen MR) is 68.5 cm³/mol. The molecule has 0 aromatic heterocycles. The monoisotopic (exact) mass is 259 g/mol. The molecule has 106 valence electrons. The minimum Gasteiger partial charge on any atom is -0.468 e. The molecule has 0 radical (unpaired) electrons. The van der Waals surface area contributed by atoms with E-state index in [1.54, 1.807) is 7.11 Å². The topological polar surface area (TPSA) is 56.8 Å². The molecule has 1 fully saturated rings. The molecule has 0 amide bonds. The second kappa shape index (κ2) is 7.07. The van der Waals surface area contributed by atoms with E-state index < -0.39 is 0 Å². The minimum absolute atomic E-state index is 0.190. The van der Waals surface area contributed by atoms with Crippen molar-refractivity contribution >= 4 is 5.97 Å². The van der Waals surface area contributed by atoms with Crippen molar-refractivity contribution in [1.29, 1.82) is 0 Å². The Hall–Kier alpha value is -0.650. The first kappa shape index (κ1) is 15.4. The van der Waals surface area contributed by atoms with E-state index in [1.807, 2.05) is 13.8 Å². The van der Waals surface area contributed by atoms with Gasteiger partial charge in [-0.3, -0.25) is 10.1 Å². The number of hydrogen-bond acceptors (Lipinski definition) is 5. The molecule has 0 spiro atoms. The van der Waals surface area contributed by atoms with E-state index in [2.05, 4.69) is 5.32 Å². The maximum absolute atomic E-state index is 11.5. The molecule has 1 saturated carbocycles. The van der Waals surface area contributed by atoms with Gasteiger partial charge in [0.25, 0.3) is 0 Å². The van der Waals surface area contributed by atoms with Gasteiger partial charge in [-0.15, -0.1) is 0 Å². The van der Waals surface area contributed by atoms with Crippen LogP contribution in [0.25, 0.3) is 0 Å². The Balaban J connectivity index is 2.22. The fraction of sp³-hybridized carbons (Fsp3) is 0.923.